The van der Waals surface area contributed by atoms with Crippen LogP contribution in [0.25, 0.3) is 10.9 Å². The highest BCUT2D eigenvalue weighted by Crippen LogP contribution is 2.35. The summed E-state index contributed by atoms with van der Waals surface area (Å²) < 4.78 is 17.7. The number of benzene rings is 2. The number of aromatic amines is 1. The van der Waals surface area contributed by atoms with Crippen LogP contribution < -0.4 is 30.4 Å². The van der Waals surface area contributed by atoms with Crippen LogP contribution in [0, 0.1) is 6.92 Å². The molecule has 42 heavy (non-hydrogen) atoms. The lowest BCUT2D eigenvalue weighted by atomic mass is 10.1. The summed E-state index contributed by atoms with van der Waals surface area (Å²) >= 11 is 1.18. The molecule has 2 amide bonds. The number of fused-ring (bicyclic) bond motifs is 2. The van der Waals surface area contributed by atoms with Gasteiger partial charge in [0.2, 0.25) is 18.6 Å². The molecule has 3 heterocycles. The number of hydrogen-bond acceptors (Lipinski definition) is 9. The average Bonchev–Trinajstić information content (AvgIpc) is 3.63. The van der Waals surface area contributed by atoms with Crippen molar-refractivity contribution in [2.24, 2.45) is 0 Å². The van der Waals surface area contributed by atoms with Crippen LogP contribution in [0.2, 0.25) is 0 Å². The van der Waals surface area contributed by atoms with Crippen molar-refractivity contribution in [1.29, 1.82) is 0 Å². The quantitative estimate of drug-likeness (QED) is 0.120. The largest absolute Gasteiger partial charge is 0.497 e. The van der Waals surface area contributed by atoms with Crippen molar-refractivity contribution in [3.63, 3.8) is 0 Å². The van der Waals surface area contributed by atoms with E-state index in [1.807, 2.05) is 31.2 Å². The average molecular weight is 593 g/mol. The third-order valence-electron chi connectivity index (χ3n) is 6.65. The zero-order valence-corrected chi connectivity index (χ0v) is 24.2. The van der Waals surface area contributed by atoms with Crippen molar-refractivity contribution in [2.75, 3.05) is 25.0 Å². The van der Waals surface area contributed by atoms with Gasteiger partial charge in [0.05, 0.1) is 23.8 Å². The molecule has 0 aliphatic carbocycles. The Hall–Kier alpha value is -4.52. The summed E-state index contributed by atoms with van der Waals surface area (Å²) in [7, 11) is 1.61. The number of nitrogens with one attached hydrogen (secondary N) is 3. The van der Waals surface area contributed by atoms with Crippen LogP contribution in [0.4, 0.5) is 5.82 Å². The Morgan fingerprint density at radius 2 is 1.86 bits per heavy atom. The molecule has 0 atom stereocenters. The maximum absolute atomic E-state index is 13.5. The molecule has 0 saturated heterocycles. The molecule has 220 valence electrons. The zero-order valence-electron chi connectivity index (χ0n) is 23.4. The lowest BCUT2D eigenvalue weighted by Gasteiger charge is -2.13. The molecule has 0 radical (unpaired) electrons. The van der Waals surface area contributed by atoms with E-state index in [1.165, 1.54) is 11.8 Å². The zero-order chi connectivity index (χ0) is 29.5. The third-order valence-corrected chi connectivity index (χ3v) is 7.63. The normalized spacial score (nSPS) is 12.0. The molecule has 4 aromatic rings. The van der Waals surface area contributed by atoms with Crippen molar-refractivity contribution in [3.8, 4) is 17.2 Å². The van der Waals surface area contributed by atoms with Crippen LogP contribution >= 0.6 is 11.8 Å². The summed E-state index contributed by atoms with van der Waals surface area (Å²) in [6.07, 6.45) is 2.47. The maximum atomic E-state index is 13.5. The molecule has 12 nitrogen and oxygen atoms in total. The van der Waals surface area contributed by atoms with Crippen molar-refractivity contribution < 1.29 is 23.8 Å². The Labute approximate surface area is 246 Å². The molecule has 1 aliphatic rings. The van der Waals surface area contributed by atoms with E-state index in [-0.39, 0.29) is 29.9 Å². The number of carbonyl (C=O) groups excluding carboxylic acids is 2. The second-order valence-electron chi connectivity index (χ2n) is 9.78. The van der Waals surface area contributed by atoms with E-state index in [0.717, 1.165) is 23.4 Å². The van der Waals surface area contributed by atoms with Crippen molar-refractivity contribution >= 4 is 40.3 Å². The van der Waals surface area contributed by atoms with Crippen LogP contribution in [0.5, 0.6) is 17.2 Å². The number of methoxy groups -OCH3 is 1. The van der Waals surface area contributed by atoms with E-state index in [0.29, 0.717) is 65.7 Å². The van der Waals surface area contributed by atoms with E-state index < -0.39 is 0 Å². The van der Waals surface area contributed by atoms with Gasteiger partial charge < -0.3 is 24.8 Å². The summed E-state index contributed by atoms with van der Waals surface area (Å²) in [5, 5.41) is 13.3. The third kappa shape index (κ3) is 7.21. The van der Waals surface area contributed by atoms with Crippen molar-refractivity contribution in [3.05, 3.63) is 64.1 Å². The molecule has 0 saturated carbocycles. The summed E-state index contributed by atoms with van der Waals surface area (Å²) in [4.78, 5) is 43.1. The summed E-state index contributed by atoms with van der Waals surface area (Å²) in [5.74, 6) is 1.99. The van der Waals surface area contributed by atoms with E-state index in [2.05, 4.69) is 20.8 Å². The monoisotopic (exact) mass is 592 g/mol. The minimum Gasteiger partial charge on any atom is -0.497 e. The highest BCUT2D eigenvalue weighted by molar-refractivity contribution is 7.99. The van der Waals surface area contributed by atoms with E-state index in [4.69, 9.17) is 19.2 Å². The number of ether oxygens (including phenoxy) is 3. The van der Waals surface area contributed by atoms with Gasteiger partial charge >= 0.3 is 0 Å². The fourth-order valence-corrected chi connectivity index (χ4v) is 5.28. The van der Waals surface area contributed by atoms with Gasteiger partial charge in [0.1, 0.15) is 5.75 Å². The topological polar surface area (TPSA) is 149 Å². The molecular weight excluding hydrogens is 560 g/mol. The van der Waals surface area contributed by atoms with Gasteiger partial charge in [-0.3, -0.25) is 24.0 Å². The Kier molecular flexibility index (Phi) is 9.27. The SMILES string of the molecule is COc1ccc(CNC(=O)CCCCCn2c(SCC(=O)Nc3cc(C)[nH]n3)nc3cc4c(cc3c2=O)OCO4)cc1. The number of H-pyrrole nitrogens is 1. The van der Waals surface area contributed by atoms with Gasteiger partial charge in [0, 0.05) is 37.3 Å². The Morgan fingerprint density at radius 1 is 1.07 bits per heavy atom. The number of aryl methyl sites for hydroxylation is 1. The number of nitrogens with zero attached hydrogens (tertiary/aromatic N) is 3. The van der Waals surface area contributed by atoms with E-state index >= 15 is 0 Å². The van der Waals surface area contributed by atoms with Gasteiger partial charge in [0.15, 0.2) is 22.5 Å². The minimum atomic E-state index is -0.265. The second-order valence-corrected chi connectivity index (χ2v) is 10.7. The fourth-order valence-electron chi connectivity index (χ4n) is 4.45. The lowest BCUT2D eigenvalue weighted by Crippen LogP contribution is -2.25. The highest BCUT2D eigenvalue weighted by Gasteiger charge is 2.20. The number of hydrogen-bond donors (Lipinski definition) is 3. The molecule has 2 aromatic carbocycles. The molecule has 0 bridgehead atoms. The predicted octanol–water partition coefficient (Wildman–Crippen LogP) is 3.77. The van der Waals surface area contributed by atoms with Crippen molar-refractivity contribution in [1.82, 2.24) is 25.1 Å². The predicted molar refractivity (Wildman–Crippen MR) is 158 cm³/mol. The molecule has 0 unspecified atom stereocenters. The van der Waals surface area contributed by atoms with Crippen LogP contribution in [-0.2, 0) is 22.7 Å². The Balaban J connectivity index is 1.19. The number of carbonyl (C=O) groups is 2. The van der Waals surface area contributed by atoms with Crippen LogP contribution in [-0.4, -0.2) is 51.2 Å². The first-order valence-corrected chi connectivity index (χ1v) is 14.6. The van der Waals surface area contributed by atoms with E-state index in [9.17, 15) is 14.4 Å². The van der Waals surface area contributed by atoms with Crippen LogP contribution in [0.3, 0.4) is 0 Å². The lowest BCUT2D eigenvalue weighted by molar-refractivity contribution is -0.121. The van der Waals surface area contributed by atoms with Crippen molar-refractivity contribution in [2.45, 2.75) is 50.9 Å². The van der Waals surface area contributed by atoms with E-state index in [1.54, 1.807) is 29.9 Å². The number of amides is 2. The number of aromatic nitrogens is 4. The van der Waals surface area contributed by atoms with Gasteiger partial charge in [0.25, 0.3) is 5.56 Å². The molecule has 1 aliphatic heterocycles. The number of anilines is 1. The first-order chi connectivity index (χ1) is 20.4. The summed E-state index contributed by atoms with van der Waals surface area (Å²) in [6.45, 7) is 2.77. The molecule has 2 aromatic heterocycles. The molecule has 13 heteroatoms. The van der Waals surface area contributed by atoms with Gasteiger partial charge in [-0.2, -0.15) is 5.10 Å². The first-order valence-electron chi connectivity index (χ1n) is 13.6. The van der Waals surface area contributed by atoms with Gasteiger partial charge in [-0.25, -0.2) is 4.98 Å². The second kappa shape index (κ2) is 13.4. The van der Waals surface area contributed by atoms with Crippen LogP contribution in [0.15, 0.2) is 52.4 Å². The molecular formula is C29H32N6O6S. The standard InChI is InChI=1S/C29H32N6O6S/c1-18-12-25(34-33-18)32-27(37)16-42-29-31-22-14-24-23(40-17-41-24)13-21(22)28(38)35(29)11-5-3-4-6-26(36)30-15-19-7-9-20(39-2)10-8-19/h7-10,12-14H,3-6,11,15-17H2,1-2H3,(H,30,36)(H2,32,33,34,37). The number of thioether (sulfide) groups is 1. The number of unbranched alkanes of at least 4 members (excludes halogenated alkanes) is 2. The smallest absolute Gasteiger partial charge is 0.262 e. The molecule has 0 spiro atoms. The highest BCUT2D eigenvalue weighted by atomic mass is 32.2. The minimum absolute atomic E-state index is 0.0270. The Bertz CT molecular complexity index is 1630. The van der Waals surface area contributed by atoms with Gasteiger partial charge in [-0.15, -0.1) is 0 Å². The fraction of sp³-hybridized carbons (Fsp3) is 0.345. The first kappa shape index (κ1) is 29.0. The summed E-state index contributed by atoms with van der Waals surface area (Å²) in [6, 6.07) is 12.6. The number of rotatable bonds is 13. The van der Waals surface area contributed by atoms with Gasteiger partial charge in [-0.1, -0.05) is 30.3 Å². The maximum Gasteiger partial charge on any atom is 0.262 e. The molecule has 0 fully saturated rings. The Morgan fingerprint density at radius 3 is 2.60 bits per heavy atom. The molecule has 5 rings (SSSR count). The summed E-state index contributed by atoms with van der Waals surface area (Å²) in [5.41, 5.74) is 2.07. The molecule has 3 N–H and O–H groups in total. The van der Waals surface area contributed by atoms with Crippen LogP contribution in [0.1, 0.15) is 36.9 Å². The van der Waals surface area contributed by atoms with Gasteiger partial charge in [-0.05, 0) is 43.5 Å².